The van der Waals surface area contributed by atoms with E-state index in [1.165, 1.54) is 11.1 Å². The van der Waals surface area contributed by atoms with Crippen LogP contribution in [0.2, 0.25) is 0 Å². The Balaban J connectivity index is 1.56. The van der Waals surface area contributed by atoms with Crippen LogP contribution >= 0.6 is 0 Å². The van der Waals surface area contributed by atoms with Crippen LogP contribution in [-0.4, -0.2) is 60.6 Å². The number of carbonyl (C=O) groups is 2. The number of nitrogens with one attached hydrogen (secondary N) is 1. The van der Waals surface area contributed by atoms with Crippen molar-refractivity contribution in [2.75, 3.05) is 33.3 Å². The first-order chi connectivity index (χ1) is 11.4. The van der Waals surface area contributed by atoms with Crippen molar-refractivity contribution in [1.29, 1.82) is 0 Å². The summed E-state index contributed by atoms with van der Waals surface area (Å²) in [4.78, 5) is 27.5. The molecule has 2 aliphatic heterocycles. The van der Waals surface area contributed by atoms with Crippen molar-refractivity contribution < 1.29 is 14.3 Å². The third-order valence-electron chi connectivity index (χ3n) is 4.98. The van der Waals surface area contributed by atoms with Gasteiger partial charge in [-0.3, -0.25) is 4.79 Å². The Labute approximate surface area is 142 Å². The van der Waals surface area contributed by atoms with Crippen molar-refractivity contribution in [3.05, 3.63) is 34.9 Å². The van der Waals surface area contributed by atoms with E-state index in [1.807, 2.05) is 0 Å². The van der Waals surface area contributed by atoms with E-state index in [9.17, 15) is 9.59 Å². The van der Waals surface area contributed by atoms with Crippen molar-refractivity contribution >= 4 is 11.9 Å². The number of amides is 3. The van der Waals surface area contributed by atoms with Crippen LogP contribution in [0.15, 0.2) is 18.2 Å². The number of rotatable bonds is 2. The van der Waals surface area contributed by atoms with Gasteiger partial charge in [-0.05, 0) is 31.4 Å². The van der Waals surface area contributed by atoms with Crippen molar-refractivity contribution in [3.8, 4) is 0 Å². The fourth-order valence-electron chi connectivity index (χ4n) is 3.48. The first kappa shape index (κ1) is 16.8. The van der Waals surface area contributed by atoms with Gasteiger partial charge >= 0.3 is 6.03 Å². The standard InChI is InChI=1S/C18H25N3O3/c1-13-4-5-15(14(2)8-13)9-19-17(23)21-7-6-18(12-21)11-20(3)16(22)10-24-18/h4-5,8H,6-7,9-12H2,1-3H3,(H,19,23). The Morgan fingerprint density at radius 2 is 2.12 bits per heavy atom. The van der Waals surface area contributed by atoms with Crippen LogP contribution in [0.4, 0.5) is 4.79 Å². The number of urea groups is 1. The lowest BCUT2D eigenvalue weighted by atomic mass is 10.0. The Kier molecular flexibility index (Phi) is 4.49. The van der Waals surface area contributed by atoms with Gasteiger partial charge in [0.25, 0.3) is 0 Å². The van der Waals surface area contributed by atoms with Crippen molar-refractivity contribution in [3.63, 3.8) is 0 Å². The van der Waals surface area contributed by atoms with Gasteiger partial charge in [-0.1, -0.05) is 23.8 Å². The summed E-state index contributed by atoms with van der Waals surface area (Å²) < 4.78 is 5.77. The highest BCUT2D eigenvalue weighted by molar-refractivity contribution is 5.78. The number of nitrogens with zero attached hydrogens (tertiary/aromatic N) is 2. The number of carbonyl (C=O) groups excluding carboxylic acids is 2. The SMILES string of the molecule is Cc1ccc(CNC(=O)N2CCC3(CN(C)C(=O)CO3)C2)c(C)c1. The van der Waals surface area contributed by atoms with Gasteiger partial charge in [0.05, 0.1) is 13.1 Å². The largest absolute Gasteiger partial charge is 0.361 e. The average Bonchev–Trinajstić information content (AvgIpc) is 2.94. The molecule has 3 amide bonds. The molecule has 0 saturated carbocycles. The molecule has 1 aromatic rings. The van der Waals surface area contributed by atoms with Crippen LogP contribution in [0.25, 0.3) is 0 Å². The van der Waals surface area contributed by atoms with Crippen LogP contribution in [0.3, 0.4) is 0 Å². The van der Waals surface area contributed by atoms with Gasteiger partial charge in [-0.2, -0.15) is 0 Å². The van der Waals surface area contributed by atoms with Crippen molar-refractivity contribution in [2.24, 2.45) is 0 Å². The molecule has 0 aliphatic carbocycles. The molecule has 3 rings (SSSR count). The average molecular weight is 331 g/mol. The predicted molar refractivity (Wildman–Crippen MR) is 90.7 cm³/mol. The number of hydrogen-bond acceptors (Lipinski definition) is 3. The highest BCUT2D eigenvalue weighted by Gasteiger charge is 2.45. The number of likely N-dealkylation sites (tertiary alicyclic amines) is 1. The zero-order chi connectivity index (χ0) is 17.3. The first-order valence-electron chi connectivity index (χ1n) is 8.35. The van der Waals surface area contributed by atoms with Gasteiger partial charge in [-0.15, -0.1) is 0 Å². The molecule has 130 valence electrons. The summed E-state index contributed by atoms with van der Waals surface area (Å²) >= 11 is 0. The fraction of sp³-hybridized carbons (Fsp3) is 0.556. The summed E-state index contributed by atoms with van der Waals surface area (Å²) in [6, 6.07) is 6.16. The first-order valence-corrected chi connectivity index (χ1v) is 8.35. The minimum absolute atomic E-state index is 0.00151. The number of benzene rings is 1. The molecule has 1 unspecified atom stereocenters. The molecular formula is C18H25N3O3. The van der Waals surface area contributed by atoms with Gasteiger partial charge in [0.15, 0.2) is 0 Å². The molecule has 1 spiro atoms. The Morgan fingerprint density at radius 1 is 1.33 bits per heavy atom. The van der Waals surface area contributed by atoms with Crippen LogP contribution in [0, 0.1) is 13.8 Å². The van der Waals surface area contributed by atoms with Gasteiger partial charge in [0, 0.05) is 20.1 Å². The van der Waals surface area contributed by atoms with Gasteiger partial charge in [0.2, 0.25) is 5.91 Å². The normalized spacial score (nSPS) is 23.9. The summed E-state index contributed by atoms with van der Waals surface area (Å²) in [7, 11) is 1.79. The van der Waals surface area contributed by atoms with E-state index in [-0.39, 0.29) is 18.5 Å². The fourth-order valence-corrected chi connectivity index (χ4v) is 3.48. The second kappa shape index (κ2) is 6.43. The lowest BCUT2D eigenvalue weighted by Crippen LogP contribution is -2.55. The molecule has 1 N–H and O–H groups in total. The quantitative estimate of drug-likeness (QED) is 0.892. The van der Waals surface area contributed by atoms with E-state index in [0.29, 0.717) is 26.2 Å². The molecule has 0 radical (unpaired) electrons. The molecule has 6 nitrogen and oxygen atoms in total. The molecular weight excluding hydrogens is 306 g/mol. The number of likely N-dealkylation sites (N-methyl/N-ethyl adjacent to an activating group) is 1. The van der Waals surface area contributed by atoms with E-state index < -0.39 is 5.60 Å². The maximum atomic E-state index is 12.4. The van der Waals surface area contributed by atoms with Crippen molar-refractivity contribution in [2.45, 2.75) is 32.4 Å². The number of hydrogen-bond donors (Lipinski definition) is 1. The van der Waals surface area contributed by atoms with E-state index in [2.05, 4.69) is 37.4 Å². The van der Waals surface area contributed by atoms with Crippen LogP contribution in [0.1, 0.15) is 23.1 Å². The minimum Gasteiger partial charge on any atom is -0.361 e. The molecule has 0 bridgehead atoms. The lowest BCUT2D eigenvalue weighted by molar-refractivity contribution is -0.158. The molecule has 1 atom stereocenters. The summed E-state index contributed by atoms with van der Waals surface area (Å²) in [6.45, 7) is 6.48. The summed E-state index contributed by atoms with van der Waals surface area (Å²) in [6.07, 6.45) is 0.765. The number of morpholine rings is 1. The maximum Gasteiger partial charge on any atom is 0.317 e. The Hall–Kier alpha value is -2.08. The monoisotopic (exact) mass is 331 g/mol. The maximum absolute atomic E-state index is 12.4. The molecule has 24 heavy (non-hydrogen) atoms. The van der Waals surface area contributed by atoms with E-state index in [0.717, 1.165) is 12.0 Å². The zero-order valence-electron chi connectivity index (χ0n) is 14.6. The number of aryl methyl sites for hydroxylation is 2. The van der Waals surface area contributed by atoms with Crippen molar-refractivity contribution in [1.82, 2.24) is 15.1 Å². The summed E-state index contributed by atoms with van der Waals surface area (Å²) in [5.74, 6) is -0.00151. The second-order valence-electron chi connectivity index (χ2n) is 6.98. The van der Waals surface area contributed by atoms with Gasteiger partial charge in [-0.25, -0.2) is 4.79 Å². The molecule has 2 fully saturated rings. The second-order valence-corrected chi connectivity index (χ2v) is 6.98. The topological polar surface area (TPSA) is 61.9 Å². The zero-order valence-corrected chi connectivity index (χ0v) is 14.6. The molecule has 0 aromatic heterocycles. The van der Waals surface area contributed by atoms with E-state index >= 15 is 0 Å². The summed E-state index contributed by atoms with van der Waals surface area (Å²) in [5, 5.41) is 2.99. The third-order valence-corrected chi connectivity index (χ3v) is 4.98. The number of ether oxygens (including phenoxy) is 1. The van der Waals surface area contributed by atoms with E-state index in [1.54, 1.807) is 16.8 Å². The molecule has 1 aromatic carbocycles. The van der Waals surface area contributed by atoms with Crippen LogP contribution in [0.5, 0.6) is 0 Å². The minimum atomic E-state index is -0.403. The molecule has 6 heteroatoms. The summed E-state index contributed by atoms with van der Waals surface area (Å²) in [5.41, 5.74) is 3.13. The predicted octanol–water partition coefficient (Wildman–Crippen LogP) is 1.45. The lowest BCUT2D eigenvalue weighted by Gasteiger charge is -2.38. The van der Waals surface area contributed by atoms with Gasteiger partial charge in [0.1, 0.15) is 12.2 Å². The molecule has 2 saturated heterocycles. The Bertz CT molecular complexity index is 661. The highest BCUT2D eigenvalue weighted by Crippen LogP contribution is 2.29. The Morgan fingerprint density at radius 3 is 2.83 bits per heavy atom. The molecule has 2 heterocycles. The van der Waals surface area contributed by atoms with Crippen LogP contribution in [-0.2, 0) is 16.1 Å². The van der Waals surface area contributed by atoms with Crippen LogP contribution < -0.4 is 5.32 Å². The van der Waals surface area contributed by atoms with E-state index in [4.69, 9.17) is 4.74 Å². The highest BCUT2D eigenvalue weighted by atomic mass is 16.5. The third kappa shape index (κ3) is 3.38. The molecule has 2 aliphatic rings. The van der Waals surface area contributed by atoms with Gasteiger partial charge < -0.3 is 19.9 Å². The smallest absolute Gasteiger partial charge is 0.317 e.